The number of piperazine rings is 1. The van der Waals surface area contributed by atoms with E-state index in [0.717, 1.165) is 5.56 Å². The van der Waals surface area contributed by atoms with Gasteiger partial charge in [-0.25, -0.2) is 0 Å². The second-order valence-electron chi connectivity index (χ2n) is 6.07. The highest BCUT2D eigenvalue weighted by Crippen LogP contribution is 2.16. The maximum absolute atomic E-state index is 12.7. The van der Waals surface area contributed by atoms with Gasteiger partial charge in [0.2, 0.25) is 5.91 Å². The molecule has 1 aromatic carbocycles. The summed E-state index contributed by atoms with van der Waals surface area (Å²) >= 11 is 0. The Morgan fingerprint density at radius 3 is 2.52 bits per heavy atom. The van der Waals surface area contributed by atoms with E-state index < -0.39 is 0 Å². The van der Waals surface area contributed by atoms with Crippen molar-refractivity contribution in [3.63, 3.8) is 0 Å². The second-order valence-corrected chi connectivity index (χ2v) is 6.07. The van der Waals surface area contributed by atoms with E-state index in [-0.39, 0.29) is 17.9 Å². The number of nitrogens with zero attached hydrogens (tertiary/aromatic N) is 3. The Morgan fingerprint density at radius 2 is 1.84 bits per heavy atom. The van der Waals surface area contributed by atoms with Crippen LogP contribution >= 0.6 is 0 Å². The number of hydrogen-bond acceptors (Lipinski definition) is 4. The lowest BCUT2D eigenvalue weighted by molar-refractivity contribution is -0.128. The molecule has 1 aromatic heterocycles. The van der Waals surface area contributed by atoms with Crippen LogP contribution in [-0.4, -0.2) is 59.3 Å². The molecule has 0 saturated carbocycles. The molecule has 1 aliphatic rings. The van der Waals surface area contributed by atoms with Gasteiger partial charge in [-0.05, 0) is 17.7 Å². The van der Waals surface area contributed by atoms with Crippen molar-refractivity contribution < 1.29 is 9.59 Å². The Kier molecular flexibility index (Phi) is 5.40. The Bertz CT molecular complexity index is 721. The van der Waals surface area contributed by atoms with Crippen LogP contribution in [0, 0.1) is 0 Å². The molecule has 25 heavy (non-hydrogen) atoms. The molecule has 3 rings (SSSR count). The number of amides is 2. The predicted octanol–water partition coefficient (Wildman–Crippen LogP) is 1.15. The van der Waals surface area contributed by atoms with E-state index in [9.17, 15) is 9.59 Å². The molecule has 2 amide bonds. The van der Waals surface area contributed by atoms with Crippen molar-refractivity contribution in [3.05, 3.63) is 66.0 Å². The van der Waals surface area contributed by atoms with Crippen LogP contribution in [0.2, 0.25) is 0 Å². The third kappa shape index (κ3) is 4.03. The Morgan fingerprint density at radius 1 is 1.12 bits per heavy atom. The highest BCUT2D eigenvalue weighted by atomic mass is 16.2. The van der Waals surface area contributed by atoms with Gasteiger partial charge < -0.3 is 10.2 Å². The number of hydrogen-bond donors (Lipinski definition) is 1. The lowest BCUT2D eigenvalue weighted by Crippen LogP contribution is -2.59. The molecule has 1 fully saturated rings. The smallest absolute Gasteiger partial charge is 0.254 e. The topological polar surface area (TPSA) is 65.5 Å². The molecular weight excluding hydrogens is 316 g/mol. The number of likely N-dealkylation sites (N-methyl/N-ethyl adjacent to an activating group) is 1. The largest absolute Gasteiger partial charge is 0.358 e. The van der Waals surface area contributed by atoms with Crippen LogP contribution < -0.4 is 5.32 Å². The first-order valence-corrected chi connectivity index (χ1v) is 8.38. The quantitative estimate of drug-likeness (QED) is 0.908. The standard InChI is InChI=1S/C19H22N4O2/c1-20-18(24)17-14-23(19(25)16-7-9-21-10-8-16)12-11-22(17)13-15-5-3-2-4-6-15/h2-10,17H,11-14H2,1H3,(H,20,24)/t17-/m0/s1. The fourth-order valence-corrected chi connectivity index (χ4v) is 3.10. The third-order valence-corrected chi connectivity index (χ3v) is 4.48. The van der Waals surface area contributed by atoms with Crippen LogP contribution in [0.3, 0.4) is 0 Å². The molecule has 130 valence electrons. The van der Waals surface area contributed by atoms with E-state index >= 15 is 0 Å². The SMILES string of the molecule is CNC(=O)[C@@H]1CN(C(=O)c2ccncc2)CCN1Cc1ccccc1. The summed E-state index contributed by atoms with van der Waals surface area (Å²) in [4.78, 5) is 32.9. The van der Waals surface area contributed by atoms with Crippen LogP contribution in [0.25, 0.3) is 0 Å². The molecular formula is C19H22N4O2. The summed E-state index contributed by atoms with van der Waals surface area (Å²) < 4.78 is 0. The summed E-state index contributed by atoms with van der Waals surface area (Å²) in [5.74, 6) is -0.126. The first-order chi connectivity index (χ1) is 12.2. The summed E-state index contributed by atoms with van der Waals surface area (Å²) in [5, 5.41) is 2.72. The summed E-state index contributed by atoms with van der Waals surface area (Å²) in [6.45, 7) is 2.33. The van der Waals surface area contributed by atoms with E-state index in [1.807, 2.05) is 18.2 Å². The molecule has 2 aromatic rings. The highest BCUT2D eigenvalue weighted by Gasteiger charge is 2.34. The van der Waals surface area contributed by atoms with E-state index in [2.05, 4.69) is 27.3 Å². The minimum atomic E-state index is -0.357. The fourth-order valence-electron chi connectivity index (χ4n) is 3.10. The summed E-state index contributed by atoms with van der Waals surface area (Å²) in [7, 11) is 1.63. The molecule has 6 nitrogen and oxygen atoms in total. The maximum atomic E-state index is 12.7. The zero-order valence-corrected chi connectivity index (χ0v) is 14.3. The first-order valence-electron chi connectivity index (χ1n) is 8.38. The van der Waals surface area contributed by atoms with Crippen molar-refractivity contribution >= 4 is 11.8 Å². The van der Waals surface area contributed by atoms with Crippen molar-refractivity contribution in [2.75, 3.05) is 26.7 Å². The van der Waals surface area contributed by atoms with Gasteiger partial charge in [0.1, 0.15) is 6.04 Å². The molecule has 0 aliphatic carbocycles. The van der Waals surface area contributed by atoms with Gasteiger partial charge in [-0.3, -0.25) is 19.5 Å². The molecule has 1 atom stereocenters. The lowest BCUT2D eigenvalue weighted by Gasteiger charge is -2.40. The van der Waals surface area contributed by atoms with Gasteiger partial charge in [0.05, 0.1) is 0 Å². The minimum Gasteiger partial charge on any atom is -0.358 e. The van der Waals surface area contributed by atoms with E-state index in [0.29, 0.717) is 31.7 Å². The zero-order chi connectivity index (χ0) is 17.6. The highest BCUT2D eigenvalue weighted by molar-refractivity contribution is 5.94. The molecule has 0 radical (unpaired) electrons. The summed E-state index contributed by atoms with van der Waals surface area (Å²) in [6, 6.07) is 13.1. The Hall–Kier alpha value is -2.73. The average molecular weight is 338 g/mol. The number of rotatable bonds is 4. The van der Waals surface area contributed by atoms with Crippen molar-refractivity contribution in [2.24, 2.45) is 0 Å². The van der Waals surface area contributed by atoms with Gasteiger partial charge in [-0.1, -0.05) is 30.3 Å². The Labute approximate surface area is 147 Å². The number of carbonyl (C=O) groups is 2. The van der Waals surface area contributed by atoms with Crippen molar-refractivity contribution in [2.45, 2.75) is 12.6 Å². The molecule has 1 N–H and O–H groups in total. The molecule has 0 unspecified atom stereocenters. The Balaban J connectivity index is 1.74. The van der Waals surface area contributed by atoms with Crippen LogP contribution in [0.4, 0.5) is 0 Å². The molecule has 2 heterocycles. The average Bonchev–Trinajstić information content (AvgIpc) is 2.68. The monoisotopic (exact) mass is 338 g/mol. The zero-order valence-electron chi connectivity index (χ0n) is 14.3. The third-order valence-electron chi connectivity index (χ3n) is 4.48. The number of aromatic nitrogens is 1. The number of nitrogens with one attached hydrogen (secondary N) is 1. The van der Waals surface area contributed by atoms with Crippen molar-refractivity contribution in [3.8, 4) is 0 Å². The van der Waals surface area contributed by atoms with E-state index in [1.54, 1.807) is 36.5 Å². The summed E-state index contributed by atoms with van der Waals surface area (Å²) in [5.41, 5.74) is 1.76. The number of pyridine rings is 1. The van der Waals surface area contributed by atoms with Gasteiger partial charge in [0.15, 0.2) is 0 Å². The molecule has 6 heteroatoms. The summed E-state index contributed by atoms with van der Waals surface area (Å²) in [6.07, 6.45) is 3.21. The molecule has 1 aliphatic heterocycles. The maximum Gasteiger partial charge on any atom is 0.254 e. The van der Waals surface area contributed by atoms with Gasteiger partial charge >= 0.3 is 0 Å². The molecule has 0 spiro atoms. The minimum absolute atomic E-state index is 0.0596. The first kappa shape index (κ1) is 17.1. The lowest BCUT2D eigenvalue weighted by atomic mass is 10.1. The van der Waals surface area contributed by atoms with Crippen LogP contribution in [0.5, 0.6) is 0 Å². The van der Waals surface area contributed by atoms with Gasteiger partial charge in [0, 0.05) is 51.2 Å². The van der Waals surface area contributed by atoms with Crippen LogP contribution in [0.15, 0.2) is 54.9 Å². The molecule has 0 bridgehead atoms. The van der Waals surface area contributed by atoms with Crippen LogP contribution in [0.1, 0.15) is 15.9 Å². The predicted molar refractivity (Wildman–Crippen MR) is 94.8 cm³/mol. The number of carbonyl (C=O) groups excluding carboxylic acids is 2. The fraction of sp³-hybridized carbons (Fsp3) is 0.316. The van der Waals surface area contributed by atoms with Crippen molar-refractivity contribution in [1.29, 1.82) is 0 Å². The van der Waals surface area contributed by atoms with Crippen LogP contribution in [-0.2, 0) is 11.3 Å². The van der Waals surface area contributed by atoms with Crippen molar-refractivity contribution in [1.82, 2.24) is 20.1 Å². The van der Waals surface area contributed by atoms with E-state index in [4.69, 9.17) is 0 Å². The van der Waals surface area contributed by atoms with Gasteiger partial charge in [-0.15, -0.1) is 0 Å². The number of benzene rings is 1. The van der Waals surface area contributed by atoms with Gasteiger partial charge in [0.25, 0.3) is 5.91 Å². The molecule has 1 saturated heterocycles. The van der Waals surface area contributed by atoms with Gasteiger partial charge in [-0.2, -0.15) is 0 Å². The normalized spacial score (nSPS) is 18.0. The van der Waals surface area contributed by atoms with E-state index in [1.165, 1.54) is 0 Å². The second kappa shape index (κ2) is 7.90.